The van der Waals surface area contributed by atoms with Crippen molar-refractivity contribution in [3.63, 3.8) is 0 Å². The molecular formula is C7H9N5O. The zero-order valence-corrected chi connectivity index (χ0v) is 7.14. The standard InChI is InChI=1S/C7H9N5O/c1-2-13-7-11-5(8)3-6-9-4-10-12(6)7/h3-4H,2,8H2,1H3. The number of rotatable bonds is 2. The molecular weight excluding hydrogens is 170 g/mol. The van der Waals surface area contributed by atoms with Crippen molar-refractivity contribution in [3.05, 3.63) is 12.4 Å². The molecule has 0 aliphatic rings. The second-order valence-corrected chi connectivity index (χ2v) is 2.43. The molecule has 0 aliphatic heterocycles. The molecule has 6 heteroatoms. The van der Waals surface area contributed by atoms with Gasteiger partial charge in [0.05, 0.1) is 6.61 Å². The van der Waals surface area contributed by atoms with E-state index in [0.717, 1.165) is 0 Å². The van der Waals surface area contributed by atoms with Crippen LogP contribution in [0, 0.1) is 0 Å². The van der Waals surface area contributed by atoms with Crippen LogP contribution in [-0.4, -0.2) is 26.2 Å². The van der Waals surface area contributed by atoms with Gasteiger partial charge < -0.3 is 10.5 Å². The van der Waals surface area contributed by atoms with Crippen LogP contribution in [0.4, 0.5) is 5.82 Å². The number of nitrogens with zero attached hydrogens (tertiary/aromatic N) is 4. The van der Waals surface area contributed by atoms with E-state index in [1.165, 1.54) is 10.8 Å². The van der Waals surface area contributed by atoms with E-state index in [9.17, 15) is 0 Å². The van der Waals surface area contributed by atoms with Crippen LogP contribution in [0.5, 0.6) is 6.01 Å². The van der Waals surface area contributed by atoms with Gasteiger partial charge in [0.25, 0.3) is 0 Å². The quantitative estimate of drug-likeness (QED) is 0.707. The fourth-order valence-corrected chi connectivity index (χ4v) is 1.04. The van der Waals surface area contributed by atoms with Gasteiger partial charge in [0.2, 0.25) is 0 Å². The smallest absolute Gasteiger partial charge is 0.321 e. The minimum Gasteiger partial charge on any atom is -0.464 e. The van der Waals surface area contributed by atoms with Crippen LogP contribution in [0.15, 0.2) is 12.4 Å². The van der Waals surface area contributed by atoms with Gasteiger partial charge in [-0.05, 0) is 6.92 Å². The van der Waals surface area contributed by atoms with Crippen LogP contribution in [-0.2, 0) is 0 Å². The third-order valence-corrected chi connectivity index (χ3v) is 1.53. The van der Waals surface area contributed by atoms with Crippen molar-refractivity contribution >= 4 is 11.5 Å². The highest BCUT2D eigenvalue weighted by Gasteiger charge is 2.05. The number of nitrogens with two attached hydrogens (primary N) is 1. The molecule has 0 spiro atoms. The summed E-state index contributed by atoms with van der Waals surface area (Å²) in [6, 6.07) is 2.00. The largest absolute Gasteiger partial charge is 0.464 e. The van der Waals surface area contributed by atoms with Gasteiger partial charge in [-0.15, -0.1) is 0 Å². The predicted molar refractivity (Wildman–Crippen MR) is 46.4 cm³/mol. The molecule has 2 N–H and O–H groups in total. The zero-order chi connectivity index (χ0) is 9.26. The Balaban J connectivity index is 2.63. The topological polar surface area (TPSA) is 78.3 Å². The SMILES string of the molecule is CCOc1nc(N)cc2ncnn12. The first-order chi connectivity index (χ1) is 6.31. The van der Waals surface area contributed by atoms with E-state index in [1.807, 2.05) is 6.92 Å². The predicted octanol–water partition coefficient (Wildman–Crippen LogP) is 0.105. The van der Waals surface area contributed by atoms with Crippen LogP contribution in [0.2, 0.25) is 0 Å². The molecule has 68 valence electrons. The van der Waals surface area contributed by atoms with E-state index in [-0.39, 0.29) is 0 Å². The van der Waals surface area contributed by atoms with Gasteiger partial charge in [-0.3, -0.25) is 0 Å². The highest BCUT2D eigenvalue weighted by atomic mass is 16.5. The second-order valence-electron chi connectivity index (χ2n) is 2.43. The van der Waals surface area contributed by atoms with Crippen LogP contribution >= 0.6 is 0 Å². The third-order valence-electron chi connectivity index (χ3n) is 1.53. The molecule has 2 aromatic rings. The Morgan fingerprint density at radius 2 is 2.46 bits per heavy atom. The molecule has 0 saturated heterocycles. The molecule has 2 heterocycles. The summed E-state index contributed by atoms with van der Waals surface area (Å²) in [5.41, 5.74) is 6.18. The number of hydrogen-bond acceptors (Lipinski definition) is 5. The molecule has 0 fully saturated rings. The Labute approximate surface area is 74.4 Å². The van der Waals surface area contributed by atoms with E-state index in [4.69, 9.17) is 10.5 Å². The Bertz CT molecular complexity index is 424. The van der Waals surface area contributed by atoms with Crippen molar-refractivity contribution in [3.8, 4) is 6.01 Å². The summed E-state index contributed by atoms with van der Waals surface area (Å²) in [5, 5.41) is 3.94. The van der Waals surface area contributed by atoms with Gasteiger partial charge in [-0.2, -0.15) is 14.6 Å². The molecule has 2 aromatic heterocycles. The summed E-state index contributed by atoms with van der Waals surface area (Å²) >= 11 is 0. The Morgan fingerprint density at radius 3 is 3.23 bits per heavy atom. The highest BCUT2D eigenvalue weighted by molar-refractivity contribution is 5.47. The van der Waals surface area contributed by atoms with Crippen LogP contribution in [0.1, 0.15) is 6.92 Å². The molecule has 6 nitrogen and oxygen atoms in total. The molecule has 0 amide bonds. The molecule has 0 atom stereocenters. The van der Waals surface area contributed by atoms with Crippen molar-refractivity contribution in [2.24, 2.45) is 0 Å². The Kier molecular flexibility index (Phi) is 1.73. The first-order valence-corrected chi connectivity index (χ1v) is 3.90. The van der Waals surface area contributed by atoms with E-state index in [0.29, 0.717) is 24.1 Å². The molecule has 0 saturated carbocycles. The number of ether oxygens (including phenoxy) is 1. The van der Waals surface area contributed by atoms with Gasteiger partial charge in [-0.25, -0.2) is 4.98 Å². The third kappa shape index (κ3) is 1.26. The van der Waals surface area contributed by atoms with Gasteiger partial charge in [0, 0.05) is 6.07 Å². The van der Waals surface area contributed by atoms with Crippen molar-refractivity contribution < 1.29 is 4.74 Å². The molecule has 0 aromatic carbocycles. The van der Waals surface area contributed by atoms with Crippen molar-refractivity contribution in [1.82, 2.24) is 19.6 Å². The molecule has 0 aliphatic carbocycles. The molecule has 2 rings (SSSR count). The summed E-state index contributed by atoms with van der Waals surface area (Å²) in [6.45, 7) is 2.39. The van der Waals surface area contributed by atoms with Crippen LogP contribution in [0.3, 0.4) is 0 Å². The van der Waals surface area contributed by atoms with Gasteiger partial charge in [-0.1, -0.05) is 0 Å². The van der Waals surface area contributed by atoms with Gasteiger partial charge in [0.1, 0.15) is 12.1 Å². The van der Waals surface area contributed by atoms with E-state index < -0.39 is 0 Å². The fourth-order valence-electron chi connectivity index (χ4n) is 1.04. The second kappa shape index (κ2) is 2.89. The highest BCUT2D eigenvalue weighted by Crippen LogP contribution is 2.11. The Morgan fingerprint density at radius 1 is 1.62 bits per heavy atom. The van der Waals surface area contributed by atoms with E-state index in [1.54, 1.807) is 6.07 Å². The number of nitrogen functional groups attached to an aromatic ring is 1. The van der Waals surface area contributed by atoms with Crippen molar-refractivity contribution in [1.29, 1.82) is 0 Å². The fraction of sp³-hybridized carbons (Fsp3) is 0.286. The maximum Gasteiger partial charge on any atom is 0.321 e. The zero-order valence-electron chi connectivity index (χ0n) is 7.14. The van der Waals surface area contributed by atoms with E-state index >= 15 is 0 Å². The summed E-state index contributed by atoms with van der Waals surface area (Å²) in [5.74, 6) is 0.379. The average Bonchev–Trinajstić information content (AvgIpc) is 2.52. The molecule has 0 unspecified atom stereocenters. The molecule has 0 radical (unpaired) electrons. The first-order valence-electron chi connectivity index (χ1n) is 3.90. The summed E-state index contributed by atoms with van der Waals surface area (Å²) in [4.78, 5) is 7.95. The minimum atomic E-state index is 0.370. The van der Waals surface area contributed by atoms with Gasteiger partial charge in [0.15, 0.2) is 5.65 Å². The van der Waals surface area contributed by atoms with Crippen molar-refractivity contribution in [2.75, 3.05) is 12.3 Å². The number of fused-ring (bicyclic) bond motifs is 1. The average molecular weight is 179 g/mol. The number of anilines is 1. The van der Waals surface area contributed by atoms with Gasteiger partial charge >= 0.3 is 6.01 Å². The summed E-state index contributed by atoms with van der Waals surface area (Å²) < 4.78 is 6.73. The lowest BCUT2D eigenvalue weighted by atomic mass is 10.6. The molecule has 0 bridgehead atoms. The number of hydrogen-bond donors (Lipinski definition) is 1. The van der Waals surface area contributed by atoms with E-state index in [2.05, 4.69) is 15.1 Å². The summed E-state index contributed by atoms with van der Waals surface area (Å²) in [6.07, 6.45) is 1.43. The molecule has 13 heavy (non-hydrogen) atoms. The number of aromatic nitrogens is 4. The van der Waals surface area contributed by atoms with Crippen LogP contribution < -0.4 is 10.5 Å². The lowest BCUT2D eigenvalue weighted by Crippen LogP contribution is -2.04. The maximum atomic E-state index is 5.54. The lowest BCUT2D eigenvalue weighted by Gasteiger charge is -2.03. The Hall–Kier alpha value is -1.85. The maximum absolute atomic E-state index is 5.54. The normalized spacial score (nSPS) is 10.5. The first kappa shape index (κ1) is 7.78. The lowest BCUT2D eigenvalue weighted by molar-refractivity contribution is 0.304. The van der Waals surface area contributed by atoms with Crippen LogP contribution in [0.25, 0.3) is 5.65 Å². The van der Waals surface area contributed by atoms with Crippen molar-refractivity contribution in [2.45, 2.75) is 6.92 Å². The monoisotopic (exact) mass is 179 g/mol. The summed E-state index contributed by atoms with van der Waals surface area (Å²) in [7, 11) is 0. The minimum absolute atomic E-state index is 0.370.